The van der Waals surface area contributed by atoms with E-state index in [0.29, 0.717) is 18.8 Å². The topological polar surface area (TPSA) is 21.8 Å². The van der Waals surface area contributed by atoms with Gasteiger partial charge in [0.1, 0.15) is 0 Å². The van der Waals surface area contributed by atoms with E-state index in [9.17, 15) is 0 Å². The van der Waals surface area contributed by atoms with Crippen molar-refractivity contribution in [3.05, 3.63) is 6.92 Å². The van der Waals surface area contributed by atoms with E-state index >= 15 is 0 Å². The van der Waals surface area contributed by atoms with Crippen molar-refractivity contribution in [2.75, 3.05) is 13.2 Å². The molecule has 2 aliphatic rings. The van der Waals surface area contributed by atoms with E-state index in [2.05, 4.69) is 6.92 Å². The van der Waals surface area contributed by atoms with Gasteiger partial charge in [0.15, 0.2) is 0 Å². The average Bonchev–Trinajstić information content (AvgIpc) is 2.78. The van der Waals surface area contributed by atoms with Gasteiger partial charge in [0, 0.05) is 13.2 Å². The van der Waals surface area contributed by atoms with Crippen LogP contribution in [0.1, 0.15) is 19.3 Å². The molecule has 3 unspecified atom stereocenters. The Morgan fingerprint density at radius 3 is 3.00 bits per heavy atom. The Hall–Kier alpha value is -0.0800. The Morgan fingerprint density at radius 1 is 1.36 bits per heavy atom. The molecule has 0 aromatic heterocycles. The Balaban J connectivity index is 1.68. The highest BCUT2D eigenvalue weighted by Crippen LogP contribution is 2.39. The van der Waals surface area contributed by atoms with Gasteiger partial charge in [0.2, 0.25) is 0 Å². The monoisotopic (exact) mass is 155 g/mol. The van der Waals surface area contributed by atoms with Crippen LogP contribution in [0.2, 0.25) is 0 Å². The summed E-state index contributed by atoms with van der Waals surface area (Å²) in [4.78, 5) is 0. The maximum Gasteiger partial charge on any atom is 0.0845 e. The molecule has 3 atom stereocenters. The number of rotatable bonds is 3. The SMILES string of the molecule is [CH2]COCC1CCC2OC2C1. The van der Waals surface area contributed by atoms with Crippen LogP contribution in [0.4, 0.5) is 0 Å². The van der Waals surface area contributed by atoms with Gasteiger partial charge >= 0.3 is 0 Å². The fraction of sp³-hybridized carbons (Fsp3) is 0.889. The van der Waals surface area contributed by atoms with Crippen LogP contribution in [0, 0.1) is 12.8 Å². The molecule has 0 bridgehead atoms. The lowest BCUT2D eigenvalue weighted by molar-refractivity contribution is 0.108. The number of epoxide rings is 1. The van der Waals surface area contributed by atoms with Crippen LogP contribution in [0.15, 0.2) is 0 Å². The van der Waals surface area contributed by atoms with Gasteiger partial charge in [-0.15, -0.1) is 0 Å². The standard InChI is InChI=1S/C9H15O2/c1-2-10-6-7-3-4-8-9(5-7)11-8/h7-9H,1-6H2. The second kappa shape index (κ2) is 3.11. The highest BCUT2D eigenvalue weighted by atomic mass is 16.6. The molecule has 1 aliphatic heterocycles. The van der Waals surface area contributed by atoms with Crippen molar-refractivity contribution in [1.82, 2.24) is 0 Å². The third-order valence-electron chi connectivity index (χ3n) is 2.61. The molecular weight excluding hydrogens is 140 g/mol. The van der Waals surface area contributed by atoms with Crippen molar-refractivity contribution in [2.24, 2.45) is 5.92 Å². The predicted octanol–water partition coefficient (Wildman–Crippen LogP) is 1.40. The highest BCUT2D eigenvalue weighted by Gasteiger charge is 2.43. The molecule has 1 heterocycles. The fourth-order valence-electron chi connectivity index (χ4n) is 1.89. The third-order valence-corrected chi connectivity index (χ3v) is 2.61. The fourth-order valence-corrected chi connectivity index (χ4v) is 1.89. The molecule has 0 N–H and O–H groups in total. The highest BCUT2D eigenvalue weighted by molar-refractivity contribution is 4.91. The van der Waals surface area contributed by atoms with Crippen molar-refractivity contribution < 1.29 is 9.47 Å². The molecule has 2 nitrogen and oxygen atoms in total. The van der Waals surface area contributed by atoms with Crippen molar-refractivity contribution >= 4 is 0 Å². The van der Waals surface area contributed by atoms with E-state index in [1.807, 2.05) is 0 Å². The van der Waals surface area contributed by atoms with Crippen LogP contribution in [0.3, 0.4) is 0 Å². The normalized spacial score (nSPS) is 41.7. The van der Waals surface area contributed by atoms with Gasteiger partial charge < -0.3 is 9.47 Å². The van der Waals surface area contributed by atoms with Gasteiger partial charge in [-0.3, -0.25) is 0 Å². The summed E-state index contributed by atoms with van der Waals surface area (Å²) >= 11 is 0. The van der Waals surface area contributed by atoms with E-state index in [-0.39, 0.29) is 0 Å². The predicted molar refractivity (Wildman–Crippen MR) is 42.2 cm³/mol. The molecule has 63 valence electrons. The Kier molecular flexibility index (Phi) is 2.14. The molecule has 0 spiro atoms. The molecule has 2 fully saturated rings. The van der Waals surface area contributed by atoms with Gasteiger partial charge in [0.25, 0.3) is 0 Å². The lowest BCUT2D eigenvalue weighted by atomic mass is 9.90. The largest absolute Gasteiger partial charge is 0.381 e. The van der Waals surface area contributed by atoms with Crippen LogP contribution in [0.25, 0.3) is 0 Å². The minimum Gasteiger partial charge on any atom is -0.381 e. The van der Waals surface area contributed by atoms with Crippen molar-refractivity contribution in [1.29, 1.82) is 0 Å². The molecular formula is C9H15O2. The first-order valence-corrected chi connectivity index (χ1v) is 4.42. The first kappa shape index (κ1) is 7.56. The molecule has 0 aromatic rings. The second-order valence-corrected chi connectivity index (χ2v) is 3.47. The van der Waals surface area contributed by atoms with Crippen molar-refractivity contribution in [3.8, 4) is 0 Å². The van der Waals surface area contributed by atoms with Gasteiger partial charge in [-0.05, 0) is 32.1 Å². The van der Waals surface area contributed by atoms with E-state index in [0.717, 1.165) is 12.5 Å². The first-order valence-electron chi connectivity index (χ1n) is 4.42. The summed E-state index contributed by atoms with van der Waals surface area (Å²) in [6.45, 7) is 5.13. The maximum absolute atomic E-state index is 5.42. The van der Waals surface area contributed by atoms with Gasteiger partial charge in [-0.2, -0.15) is 0 Å². The van der Waals surface area contributed by atoms with Crippen molar-refractivity contribution in [2.45, 2.75) is 31.5 Å². The molecule has 1 saturated heterocycles. The number of hydrogen-bond acceptors (Lipinski definition) is 2. The summed E-state index contributed by atoms with van der Waals surface area (Å²) in [6, 6.07) is 0. The summed E-state index contributed by atoms with van der Waals surface area (Å²) < 4.78 is 10.7. The van der Waals surface area contributed by atoms with Gasteiger partial charge in [0.05, 0.1) is 12.2 Å². The maximum atomic E-state index is 5.42. The lowest BCUT2D eigenvalue weighted by Crippen LogP contribution is -2.18. The summed E-state index contributed by atoms with van der Waals surface area (Å²) in [6.07, 6.45) is 4.94. The van der Waals surface area contributed by atoms with Gasteiger partial charge in [-0.25, -0.2) is 0 Å². The Bertz CT molecular complexity index is 136. The molecule has 1 aliphatic carbocycles. The molecule has 0 aromatic carbocycles. The van der Waals surface area contributed by atoms with Crippen LogP contribution in [-0.4, -0.2) is 25.4 Å². The Morgan fingerprint density at radius 2 is 2.27 bits per heavy atom. The van der Waals surface area contributed by atoms with Gasteiger partial charge in [-0.1, -0.05) is 0 Å². The van der Waals surface area contributed by atoms with E-state index in [4.69, 9.17) is 9.47 Å². The molecule has 1 saturated carbocycles. The van der Waals surface area contributed by atoms with Crippen LogP contribution >= 0.6 is 0 Å². The molecule has 0 amide bonds. The zero-order chi connectivity index (χ0) is 7.68. The summed E-state index contributed by atoms with van der Waals surface area (Å²) in [5, 5.41) is 0. The number of fused-ring (bicyclic) bond motifs is 1. The van der Waals surface area contributed by atoms with Crippen LogP contribution in [-0.2, 0) is 9.47 Å². The minimum absolute atomic E-state index is 0.585. The number of hydrogen-bond donors (Lipinski definition) is 0. The van der Waals surface area contributed by atoms with Crippen LogP contribution in [0.5, 0.6) is 0 Å². The molecule has 2 rings (SSSR count). The Labute approximate surface area is 67.9 Å². The summed E-state index contributed by atoms with van der Waals surface area (Å²) in [7, 11) is 0. The molecule has 2 heteroatoms. The van der Waals surface area contributed by atoms with E-state index in [1.165, 1.54) is 19.3 Å². The summed E-state index contributed by atoms with van der Waals surface area (Å²) in [5.74, 6) is 0.737. The zero-order valence-corrected chi connectivity index (χ0v) is 6.79. The lowest BCUT2D eigenvalue weighted by Gasteiger charge is -2.17. The van der Waals surface area contributed by atoms with E-state index < -0.39 is 0 Å². The van der Waals surface area contributed by atoms with E-state index in [1.54, 1.807) is 0 Å². The molecule has 11 heavy (non-hydrogen) atoms. The summed E-state index contributed by atoms with van der Waals surface area (Å²) in [5.41, 5.74) is 0. The quantitative estimate of drug-likeness (QED) is 0.575. The van der Waals surface area contributed by atoms with Crippen LogP contribution < -0.4 is 0 Å². The smallest absolute Gasteiger partial charge is 0.0845 e. The van der Waals surface area contributed by atoms with Crippen molar-refractivity contribution in [3.63, 3.8) is 0 Å². The first-order chi connectivity index (χ1) is 5.40. The minimum atomic E-state index is 0.585. The average molecular weight is 155 g/mol. The second-order valence-electron chi connectivity index (χ2n) is 3.47. The zero-order valence-electron chi connectivity index (χ0n) is 6.79. The number of ether oxygens (including phenoxy) is 2. The third kappa shape index (κ3) is 1.74. The molecule has 1 radical (unpaired) electrons.